The van der Waals surface area contributed by atoms with Gasteiger partial charge in [0.2, 0.25) is 0 Å². The highest BCUT2D eigenvalue weighted by molar-refractivity contribution is 5.84. The monoisotopic (exact) mass is 458 g/mol. The lowest BCUT2D eigenvalue weighted by Gasteiger charge is -2.48. The Balaban J connectivity index is 1.39. The number of hydrogen-bond acceptors (Lipinski definition) is 5. The van der Waals surface area contributed by atoms with Gasteiger partial charge < -0.3 is 19.3 Å². The van der Waals surface area contributed by atoms with Crippen LogP contribution in [0.15, 0.2) is 72.8 Å². The first kappa shape index (κ1) is 22.0. The quantitative estimate of drug-likeness (QED) is 0.405. The Hall–Kier alpha value is -3.80. The lowest BCUT2D eigenvalue weighted by molar-refractivity contribution is -0.164. The van der Waals surface area contributed by atoms with Crippen molar-refractivity contribution in [2.45, 2.75) is 19.3 Å². The van der Waals surface area contributed by atoms with Gasteiger partial charge in [-0.25, -0.2) is 0 Å². The molecule has 0 spiro atoms. The Bertz CT molecular complexity index is 1200. The number of carboxylic acids is 1. The highest BCUT2D eigenvalue weighted by Gasteiger charge is 2.57. The van der Waals surface area contributed by atoms with Crippen LogP contribution in [-0.4, -0.2) is 30.3 Å². The van der Waals surface area contributed by atoms with Crippen molar-refractivity contribution >= 4 is 11.9 Å². The number of carbonyl (C=O) groups excluding carboxylic acids is 1. The summed E-state index contributed by atoms with van der Waals surface area (Å²) in [5, 5.41) is 9.83. The van der Waals surface area contributed by atoms with Crippen molar-refractivity contribution in [1.82, 2.24) is 0 Å². The molecule has 1 aliphatic carbocycles. The van der Waals surface area contributed by atoms with Crippen LogP contribution in [0, 0.1) is 17.8 Å². The molecule has 1 fully saturated rings. The summed E-state index contributed by atoms with van der Waals surface area (Å²) in [6.07, 6.45) is 0.595. The largest absolute Gasteiger partial charge is 0.486 e. The molecule has 1 heterocycles. The third kappa shape index (κ3) is 4.00. The Kier molecular flexibility index (Phi) is 5.97. The van der Waals surface area contributed by atoms with E-state index < -0.39 is 29.7 Å². The third-order valence-corrected chi connectivity index (χ3v) is 6.84. The van der Waals surface area contributed by atoms with Gasteiger partial charge in [0.15, 0.2) is 11.5 Å². The van der Waals surface area contributed by atoms with E-state index in [1.54, 1.807) is 6.07 Å². The van der Waals surface area contributed by atoms with E-state index in [1.165, 1.54) is 0 Å². The molecule has 0 saturated heterocycles. The van der Waals surface area contributed by atoms with Crippen molar-refractivity contribution in [2.24, 2.45) is 17.8 Å². The summed E-state index contributed by atoms with van der Waals surface area (Å²) >= 11 is 0. The van der Waals surface area contributed by atoms with E-state index in [9.17, 15) is 14.7 Å². The van der Waals surface area contributed by atoms with Gasteiger partial charge in [-0.15, -0.1) is 0 Å². The first-order valence-corrected chi connectivity index (χ1v) is 11.6. The molecule has 0 radical (unpaired) electrons. The highest BCUT2D eigenvalue weighted by atomic mass is 16.6. The van der Waals surface area contributed by atoms with Crippen molar-refractivity contribution in [3.05, 3.63) is 78.4 Å². The predicted octanol–water partition coefficient (Wildman–Crippen LogP) is 5.17. The van der Waals surface area contributed by atoms with E-state index in [2.05, 4.69) is 0 Å². The van der Waals surface area contributed by atoms with E-state index in [1.807, 2.05) is 73.7 Å². The Morgan fingerprint density at radius 1 is 0.882 bits per heavy atom. The number of aliphatic carboxylic acids is 1. The zero-order valence-corrected chi connectivity index (χ0v) is 18.8. The minimum Gasteiger partial charge on any atom is -0.486 e. The van der Waals surface area contributed by atoms with Crippen LogP contribution in [0.1, 0.15) is 24.8 Å². The van der Waals surface area contributed by atoms with E-state index in [4.69, 9.17) is 14.2 Å². The number of esters is 1. The van der Waals surface area contributed by atoms with Gasteiger partial charge in [-0.2, -0.15) is 0 Å². The zero-order chi connectivity index (χ0) is 23.7. The maximum atomic E-state index is 13.3. The molecule has 0 aromatic heterocycles. The SMILES string of the molecule is CCC1C(C(=O)Oc2cccc(-c3ccc4c(c3)OCCO4)c2)[C@@H](c2ccccc2)[C@@H]1C(=O)O. The number of ether oxygens (including phenoxy) is 3. The Labute approximate surface area is 198 Å². The Morgan fingerprint density at radius 3 is 2.35 bits per heavy atom. The maximum absolute atomic E-state index is 13.3. The fraction of sp³-hybridized carbons (Fsp3) is 0.286. The standard InChI is InChI=1S/C28H26O6/c1-2-21-25(27(29)30)24(17-7-4-3-5-8-17)26(21)28(31)34-20-10-6-9-18(15-20)19-11-12-22-23(16-19)33-14-13-32-22/h3-12,15-16,21,24-26H,2,13-14H2,1H3,(H,29,30)/t21?,24-,25+,26?/m0/s1. The summed E-state index contributed by atoms with van der Waals surface area (Å²) in [5.74, 6) is -1.21. The molecular weight excluding hydrogens is 432 g/mol. The molecule has 34 heavy (non-hydrogen) atoms. The first-order valence-electron chi connectivity index (χ1n) is 11.6. The van der Waals surface area contributed by atoms with Gasteiger partial charge in [0.1, 0.15) is 19.0 Å². The molecule has 1 N–H and O–H groups in total. The van der Waals surface area contributed by atoms with Crippen LogP contribution in [0.2, 0.25) is 0 Å². The predicted molar refractivity (Wildman–Crippen MR) is 126 cm³/mol. The molecule has 2 aliphatic rings. The topological polar surface area (TPSA) is 82.1 Å². The summed E-state index contributed by atoms with van der Waals surface area (Å²) in [5.41, 5.74) is 2.66. The molecule has 2 unspecified atom stereocenters. The number of benzene rings is 3. The lowest BCUT2D eigenvalue weighted by Crippen LogP contribution is -2.53. The second-order valence-corrected chi connectivity index (χ2v) is 8.71. The number of carbonyl (C=O) groups is 2. The molecule has 4 atom stereocenters. The van der Waals surface area contributed by atoms with E-state index in [-0.39, 0.29) is 5.92 Å². The van der Waals surface area contributed by atoms with Crippen LogP contribution in [0.25, 0.3) is 11.1 Å². The van der Waals surface area contributed by atoms with Crippen LogP contribution in [0.4, 0.5) is 0 Å². The summed E-state index contributed by atoms with van der Waals surface area (Å²) in [7, 11) is 0. The summed E-state index contributed by atoms with van der Waals surface area (Å²) in [4.78, 5) is 25.3. The number of hydrogen-bond donors (Lipinski definition) is 1. The normalized spacial score (nSPS) is 23.0. The average molecular weight is 459 g/mol. The van der Waals surface area contributed by atoms with Gasteiger partial charge in [0, 0.05) is 5.92 Å². The summed E-state index contributed by atoms with van der Waals surface area (Å²) in [6, 6.07) is 22.4. The molecule has 1 saturated carbocycles. The summed E-state index contributed by atoms with van der Waals surface area (Å²) < 4.78 is 17.1. The lowest BCUT2D eigenvalue weighted by atomic mass is 9.53. The van der Waals surface area contributed by atoms with Crippen LogP contribution in [0.5, 0.6) is 17.2 Å². The molecule has 174 valence electrons. The van der Waals surface area contributed by atoms with Gasteiger partial charge >= 0.3 is 11.9 Å². The summed E-state index contributed by atoms with van der Waals surface area (Å²) in [6.45, 7) is 2.96. The van der Waals surface area contributed by atoms with Crippen LogP contribution < -0.4 is 14.2 Å². The number of rotatable bonds is 6. The van der Waals surface area contributed by atoms with Gasteiger partial charge in [-0.1, -0.05) is 61.9 Å². The number of carboxylic acid groups (broad SMARTS) is 1. The van der Waals surface area contributed by atoms with Crippen LogP contribution >= 0.6 is 0 Å². The molecule has 6 heteroatoms. The molecule has 6 nitrogen and oxygen atoms in total. The van der Waals surface area contributed by atoms with Gasteiger partial charge in [0.05, 0.1) is 11.8 Å². The first-order chi connectivity index (χ1) is 16.6. The average Bonchev–Trinajstić information content (AvgIpc) is 2.84. The van der Waals surface area contributed by atoms with Gasteiger partial charge in [-0.05, 0) is 46.9 Å². The van der Waals surface area contributed by atoms with Crippen LogP contribution in [-0.2, 0) is 9.59 Å². The van der Waals surface area contributed by atoms with Crippen LogP contribution in [0.3, 0.4) is 0 Å². The number of fused-ring (bicyclic) bond motifs is 1. The molecule has 0 bridgehead atoms. The van der Waals surface area contributed by atoms with E-state index in [0.29, 0.717) is 36.9 Å². The van der Waals surface area contributed by atoms with Crippen molar-refractivity contribution in [1.29, 1.82) is 0 Å². The van der Waals surface area contributed by atoms with Crippen molar-refractivity contribution in [3.63, 3.8) is 0 Å². The molecule has 1 aliphatic heterocycles. The fourth-order valence-corrected chi connectivity index (χ4v) is 5.24. The minimum atomic E-state index is -0.870. The van der Waals surface area contributed by atoms with Gasteiger partial charge in [0.25, 0.3) is 0 Å². The second-order valence-electron chi connectivity index (χ2n) is 8.71. The second kappa shape index (κ2) is 9.21. The molecule has 5 rings (SSSR count). The minimum absolute atomic E-state index is 0.267. The smallest absolute Gasteiger partial charge is 0.315 e. The zero-order valence-electron chi connectivity index (χ0n) is 18.8. The van der Waals surface area contributed by atoms with E-state index >= 15 is 0 Å². The third-order valence-electron chi connectivity index (χ3n) is 6.84. The highest BCUT2D eigenvalue weighted by Crippen LogP contribution is 2.54. The Morgan fingerprint density at radius 2 is 1.62 bits per heavy atom. The van der Waals surface area contributed by atoms with Crippen molar-refractivity contribution in [3.8, 4) is 28.4 Å². The van der Waals surface area contributed by atoms with Crippen molar-refractivity contribution < 1.29 is 28.9 Å². The van der Waals surface area contributed by atoms with Gasteiger partial charge in [-0.3, -0.25) is 9.59 Å². The molecular formula is C28H26O6. The molecule has 3 aromatic carbocycles. The fourth-order valence-electron chi connectivity index (χ4n) is 5.24. The maximum Gasteiger partial charge on any atom is 0.315 e. The van der Waals surface area contributed by atoms with Crippen molar-refractivity contribution in [2.75, 3.05) is 13.2 Å². The molecule has 3 aromatic rings. The van der Waals surface area contributed by atoms with E-state index in [0.717, 1.165) is 16.7 Å². The molecule has 0 amide bonds.